The Balaban J connectivity index is 1.29. The average Bonchev–Trinajstić information content (AvgIpc) is 3.03. The number of hydrogen-bond donors (Lipinski definition) is 2. The first-order valence-corrected chi connectivity index (χ1v) is 9.27. The summed E-state index contributed by atoms with van der Waals surface area (Å²) in [6.45, 7) is 11.2. The van der Waals surface area contributed by atoms with Crippen molar-refractivity contribution in [3.63, 3.8) is 0 Å². The highest BCUT2D eigenvalue weighted by molar-refractivity contribution is 5.38. The van der Waals surface area contributed by atoms with Crippen molar-refractivity contribution >= 4 is 0 Å². The van der Waals surface area contributed by atoms with Gasteiger partial charge in [-0.1, -0.05) is 6.07 Å². The van der Waals surface area contributed by atoms with Gasteiger partial charge in [0.1, 0.15) is 31.9 Å². The Bertz CT molecular complexity index is 467. The van der Waals surface area contributed by atoms with E-state index in [-0.39, 0.29) is 0 Å². The number of likely N-dealkylation sites (N-methyl/N-ethyl adjacent to an activating group) is 1. The molecule has 0 atom stereocenters. The van der Waals surface area contributed by atoms with Crippen LogP contribution in [0.4, 0.5) is 0 Å². The summed E-state index contributed by atoms with van der Waals surface area (Å²) < 4.78 is 5.94. The highest BCUT2D eigenvalue weighted by Crippen LogP contribution is 2.25. The van der Waals surface area contributed by atoms with E-state index in [4.69, 9.17) is 4.74 Å². The van der Waals surface area contributed by atoms with E-state index >= 15 is 0 Å². The average molecular weight is 304 g/mol. The zero-order chi connectivity index (χ0) is 15.2. The molecule has 1 aromatic rings. The highest BCUT2D eigenvalue weighted by Gasteiger charge is 2.20. The van der Waals surface area contributed by atoms with Crippen molar-refractivity contribution < 1.29 is 14.5 Å². The molecular formula is C19H32N2O+2. The van der Waals surface area contributed by atoms with Gasteiger partial charge < -0.3 is 14.5 Å². The topological polar surface area (TPSA) is 18.1 Å². The maximum atomic E-state index is 5.94. The van der Waals surface area contributed by atoms with Crippen LogP contribution in [-0.2, 0) is 12.8 Å². The number of benzene rings is 1. The van der Waals surface area contributed by atoms with E-state index in [2.05, 4.69) is 25.1 Å². The van der Waals surface area contributed by atoms with E-state index in [9.17, 15) is 0 Å². The SMILES string of the molecule is CC[NH+]1CC[NH+](CCCCOc2ccc3c(c2)CCC3)CC1. The first-order chi connectivity index (χ1) is 10.8. The number of hydrogen-bond acceptors (Lipinski definition) is 1. The normalized spacial score (nSPS) is 24.2. The highest BCUT2D eigenvalue weighted by atomic mass is 16.5. The van der Waals surface area contributed by atoms with Crippen LogP contribution in [0.1, 0.15) is 37.3 Å². The summed E-state index contributed by atoms with van der Waals surface area (Å²) in [6, 6.07) is 6.68. The van der Waals surface area contributed by atoms with Gasteiger partial charge in [0, 0.05) is 0 Å². The number of piperazine rings is 1. The van der Waals surface area contributed by atoms with Crippen molar-refractivity contribution in [2.24, 2.45) is 0 Å². The summed E-state index contributed by atoms with van der Waals surface area (Å²) in [7, 11) is 0. The Kier molecular flexibility index (Phi) is 5.74. The van der Waals surface area contributed by atoms with Crippen LogP contribution in [0, 0.1) is 0 Å². The van der Waals surface area contributed by atoms with Gasteiger partial charge in [-0.25, -0.2) is 0 Å². The van der Waals surface area contributed by atoms with Crippen molar-refractivity contribution in [3.8, 4) is 5.75 Å². The monoisotopic (exact) mass is 304 g/mol. The van der Waals surface area contributed by atoms with Crippen molar-refractivity contribution in [1.82, 2.24) is 0 Å². The molecule has 0 spiro atoms. The molecule has 0 saturated carbocycles. The maximum absolute atomic E-state index is 5.94. The molecule has 1 heterocycles. The number of nitrogens with one attached hydrogen (secondary N) is 2. The third-order valence-corrected chi connectivity index (χ3v) is 5.43. The van der Waals surface area contributed by atoms with Crippen LogP contribution in [0.15, 0.2) is 18.2 Å². The fourth-order valence-corrected chi connectivity index (χ4v) is 3.87. The Hall–Kier alpha value is -1.06. The van der Waals surface area contributed by atoms with Crippen LogP contribution in [-0.4, -0.2) is 45.9 Å². The molecule has 2 aliphatic rings. The van der Waals surface area contributed by atoms with E-state index < -0.39 is 0 Å². The molecule has 1 aliphatic carbocycles. The molecule has 0 amide bonds. The van der Waals surface area contributed by atoms with Crippen LogP contribution in [0.25, 0.3) is 0 Å². The van der Waals surface area contributed by atoms with Crippen LogP contribution in [0.3, 0.4) is 0 Å². The van der Waals surface area contributed by atoms with Gasteiger partial charge in [-0.3, -0.25) is 0 Å². The largest absolute Gasteiger partial charge is 0.494 e. The molecular weight excluding hydrogens is 272 g/mol. The predicted molar refractivity (Wildman–Crippen MR) is 90.0 cm³/mol. The smallest absolute Gasteiger partial charge is 0.127 e. The Morgan fingerprint density at radius 1 is 0.955 bits per heavy atom. The van der Waals surface area contributed by atoms with E-state index in [1.54, 1.807) is 9.80 Å². The Morgan fingerprint density at radius 2 is 1.73 bits per heavy atom. The molecule has 0 unspecified atom stereocenters. The van der Waals surface area contributed by atoms with E-state index in [0.717, 1.165) is 12.4 Å². The van der Waals surface area contributed by atoms with Gasteiger partial charge in [-0.05, 0) is 62.3 Å². The lowest BCUT2D eigenvalue weighted by atomic mass is 10.1. The summed E-state index contributed by atoms with van der Waals surface area (Å²) >= 11 is 0. The lowest BCUT2D eigenvalue weighted by Gasteiger charge is -2.28. The summed E-state index contributed by atoms with van der Waals surface area (Å²) in [5.41, 5.74) is 3.04. The molecule has 0 radical (unpaired) electrons. The fraction of sp³-hybridized carbons (Fsp3) is 0.684. The molecule has 2 N–H and O–H groups in total. The second-order valence-electron chi connectivity index (χ2n) is 6.94. The van der Waals surface area contributed by atoms with Crippen LogP contribution in [0.5, 0.6) is 5.75 Å². The van der Waals surface area contributed by atoms with Crippen LogP contribution < -0.4 is 14.5 Å². The molecule has 3 heteroatoms. The predicted octanol–water partition coefficient (Wildman–Crippen LogP) is 0.138. The second-order valence-corrected chi connectivity index (χ2v) is 6.94. The van der Waals surface area contributed by atoms with Crippen molar-refractivity contribution in [1.29, 1.82) is 0 Å². The molecule has 3 rings (SSSR count). The summed E-state index contributed by atoms with van der Waals surface area (Å²) in [6.07, 6.45) is 6.29. The maximum Gasteiger partial charge on any atom is 0.127 e. The molecule has 122 valence electrons. The minimum absolute atomic E-state index is 0.873. The first-order valence-electron chi connectivity index (χ1n) is 9.27. The van der Waals surface area contributed by atoms with Gasteiger partial charge in [0.15, 0.2) is 0 Å². The Labute approximate surface area is 135 Å². The molecule has 1 saturated heterocycles. The number of quaternary nitrogens is 2. The lowest BCUT2D eigenvalue weighted by Crippen LogP contribution is -3.28. The van der Waals surface area contributed by atoms with Gasteiger partial charge >= 0.3 is 0 Å². The van der Waals surface area contributed by atoms with Gasteiger partial charge in [-0.2, -0.15) is 0 Å². The van der Waals surface area contributed by atoms with Crippen molar-refractivity contribution in [2.45, 2.75) is 39.0 Å². The molecule has 1 aliphatic heterocycles. The summed E-state index contributed by atoms with van der Waals surface area (Å²) in [4.78, 5) is 3.58. The number of unbranched alkanes of at least 4 members (excludes halogenated alkanes) is 1. The van der Waals surface area contributed by atoms with Crippen LogP contribution >= 0.6 is 0 Å². The van der Waals surface area contributed by atoms with Crippen LogP contribution in [0.2, 0.25) is 0 Å². The van der Waals surface area contributed by atoms with E-state index in [1.807, 2.05) is 0 Å². The van der Waals surface area contributed by atoms with Gasteiger partial charge in [0.25, 0.3) is 0 Å². The molecule has 3 nitrogen and oxygen atoms in total. The summed E-state index contributed by atoms with van der Waals surface area (Å²) in [5.74, 6) is 1.08. The van der Waals surface area contributed by atoms with Crippen molar-refractivity contribution in [2.75, 3.05) is 45.9 Å². The van der Waals surface area contributed by atoms with Gasteiger partial charge in [-0.15, -0.1) is 0 Å². The molecule has 0 bridgehead atoms. The van der Waals surface area contributed by atoms with E-state index in [1.165, 1.54) is 82.5 Å². The Morgan fingerprint density at radius 3 is 2.55 bits per heavy atom. The quantitative estimate of drug-likeness (QED) is 0.686. The molecule has 0 aromatic heterocycles. The zero-order valence-corrected chi connectivity index (χ0v) is 14.1. The molecule has 1 fully saturated rings. The minimum Gasteiger partial charge on any atom is -0.494 e. The first kappa shape index (κ1) is 15.8. The number of ether oxygens (including phenoxy) is 1. The third-order valence-electron chi connectivity index (χ3n) is 5.43. The number of rotatable bonds is 7. The third kappa shape index (κ3) is 4.23. The number of aryl methyl sites for hydroxylation is 2. The standard InChI is InChI=1S/C19H30N2O/c1-2-20-11-13-21(14-12-20)10-3-4-15-22-19-9-8-17-6-5-7-18(17)16-19/h8-9,16H,2-7,10-15H2,1H3/p+2. The van der Waals surface area contributed by atoms with Gasteiger partial charge in [0.05, 0.1) is 19.7 Å². The number of fused-ring (bicyclic) bond motifs is 1. The summed E-state index contributed by atoms with van der Waals surface area (Å²) in [5, 5.41) is 0. The molecule has 22 heavy (non-hydrogen) atoms. The lowest BCUT2D eigenvalue weighted by molar-refractivity contribution is -1.01. The fourth-order valence-electron chi connectivity index (χ4n) is 3.87. The van der Waals surface area contributed by atoms with Crippen molar-refractivity contribution in [3.05, 3.63) is 29.3 Å². The van der Waals surface area contributed by atoms with Gasteiger partial charge in [0.2, 0.25) is 0 Å². The molecule has 1 aromatic carbocycles. The minimum atomic E-state index is 0.873. The second kappa shape index (κ2) is 7.98. The van der Waals surface area contributed by atoms with E-state index in [0.29, 0.717) is 0 Å². The zero-order valence-electron chi connectivity index (χ0n) is 14.1.